The Labute approximate surface area is 94.7 Å². The molecule has 1 aromatic heterocycles. The standard InChI is InChI=1S/C10H16ClN3O/c1-7(2)9(3-4-15)14-10-12-5-8(11)6-13-10/h5-7,9,15H,3-4H2,1-2H3,(H,12,13,14). The molecule has 2 N–H and O–H groups in total. The van der Waals surface area contributed by atoms with Gasteiger partial charge in [-0.1, -0.05) is 25.4 Å². The third-order valence-electron chi connectivity index (χ3n) is 2.18. The smallest absolute Gasteiger partial charge is 0.222 e. The Morgan fingerprint density at radius 3 is 2.47 bits per heavy atom. The highest BCUT2D eigenvalue weighted by atomic mass is 35.5. The Hall–Kier alpha value is -0.870. The topological polar surface area (TPSA) is 58.0 Å². The van der Waals surface area contributed by atoms with Crippen molar-refractivity contribution in [2.45, 2.75) is 26.3 Å². The molecule has 0 saturated carbocycles. The van der Waals surface area contributed by atoms with E-state index in [1.165, 1.54) is 0 Å². The lowest BCUT2D eigenvalue weighted by atomic mass is 10.0. The minimum atomic E-state index is 0.156. The van der Waals surface area contributed by atoms with E-state index in [4.69, 9.17) is 16.7 Å². The van der Waals surface area contributed by atoms with E-state index in [1.54, 1.807) is 12.4 Å². The van der Waals surface area contributed by atoms with E-state index < -0.39 is 0 Å². The van der Waals surface area contributed by atoms with Crippen LogP contribution in [0.5, 0.6) is 0 Å². The average Bonchev–Trinajstić information content (AvgIpc) is 2.20. The maximum atomic E-state index is 8.91. The van der Waals surface area contributed by atoms with Gasteiger partial charge in [0, 0.05) is 12.6 Å². The molecule has 0 radical (unpaired) electrons. The van der Waals surface area contributed by atoms with Gasteiger partial charge in [-0.25, -0.2) is 9.97 Å². The van der Waals surface area contributed by atoms with Gasteiger partial charge in [0.1, 0.15) is 0 Å². The number of aliphatic hydroxyl groups excluding tert-OH is 1. The molecule has 5 heteroatoms. The fraction of sp³-hybridized carbons (Fsp3) is 0.600. The van der Waals surface area contributed by atoms with E-state index in [0.29, 0.717) is 23.3 Å². The predicted molar refractivity (Wildman–Crippen MR) is 61.0 cm³/mol. The molecule has 0 aliphatic heterocycles. The number of aromatic nitrogens is 2. The summed E-state index contributed by atoms with van der Waals surface area (Å²) in [6.45, 7) is 4.33. The number of nitrogens with one attached hydrogen (secondary N) is 1. The highest BCUT2D eigenvalue weighted by molar-refractivity contribution is 6.30. The third-order valence-corrected chi connectivity index (χ3v) is 2.37. The summed E-state index contributed by atoms with van der Waals surface area (Å²) in [5.74, 6) is 0.961. The number of hydrogen-bond acceptors (Lipinski definition) is 4. The first-order valence-electron chi connectivity index (χ1n) is 4.98. The van der Waals surface area contributed by atoms with E-state index in [2.05, 4.69) is 29.1 Å². The van der Waals surface area contributed by atoms with Crippen LogP contribution in [0.15, 0.2) is 12.4 Å². The summed E-state index contributed by atoms with van der Waals surface area (Å²) < 4.78 is 0. The maximum absolute atomic E-state index is 8.91. The molecule has 0 aliphatic rings. The molecule has 1 atom stereocenters. The maximum Gasteiger partial charge on any atom is 0.222 e. The van der Waals surface area contributed by atoms with Gasteiger partial charge in [0.25, 0.3) is 0 Å². The highest BCUT2D eigenvalue weighted by Crippen LogP contribution is 2.12. The number of nitrogens with zero attached hydrogens (tertiary/aromatic N) is 2. The van der Waals surface area contributed by atoms with Crippen molar-refractivity contribution < 1.29 is 5.11 Å². The van der Waals surface area contributed by atoms with Crippen LogP contribution in [0.2, 0.25) is 5.02 Å². The summed E-state index contributed by atoms with van der Waals surface area (Å²) >= 11 is 5.68. The lowest BCUT2D eigenvalue weighted by Crippen LogP contribution is -2.27. The van der Waals surface area contributed by atoms with E-state index in [0.717, 1.165) is 0 Å². The number of aliphatic hydroxyl groups is 1. The quantitative estimate of drug-likeness (QED) is 0.810. The number of anilines is 1. The van der Waals surface area contributed by atoms with Crippen molar-refractivity contribution in [3.8, 4) is 0 Å². The summed E-state index contributed by atoms with van der Waals surface area (Å²) in [5, 5.41) is 12.6. The van der Waals surface area contributed by atoms with Gasteiger partial charge in [0.05, 0.1) is 17.4 Å². The highest BCUT2D eigenvalue weighted by Gasteiger charge is 2.13. The fourth-order valence-electron chi connectivity index (χ4n) is 1.26. The Bertz CT molecular complexity index is 289. The second-order valence-electron chi connectivity index (χ2n) is 3.73. The summed E-state index contributed by atoms with van der Waals surface area (Å²) in [6, 6.07) is 0.177. The van der Waals surface area contributed by atoms with E-state index in [-0.39, 0.29) is 12.6 Å². The molecule has 0 fully saturated rings. The van der Waals surface area contributed by atoms with E-state index in [9.17, 15) is 0 Å². The van der Waals surface area contributed by atoms with Crippen LogP contribution in [-0.2, 0) is 0 Å². The second kappa shape index (κ2) is 5.88. The molecule has 1 unspecified atom stereocenters. The van der Waals surface area contributed by atoms with Gasteiger partial charge in [-0.3, -0.25) is 0 Å². The van der Waals surface area contributed by atoms with E-state index in [1.807, 2.05) is 0 Å². The summed E-state index contributed by atoms with van der Waals surface area (Å²) in [4.78, 5) is 8.09. The molecule has 4 nitrogen and oxygen atoms in total. The number of hydrogen-bond donors (Lipinski definition) is 2. The van der Waals surface area contributed by atoms with Crippen LogP contribution in [0.3, 0.4) is 0 Å². The van der Waals surface area contributed by atoms with Crippen LogP contribution in [-0.4, -0.2) is 27.7 Å². The molecule has 1 heterocycles. The molecule has 84 valence electrons. The van der Waals surface area contributed by atoms with Gasteiger partial charge < -0.3 is 10.4 Å². The zero-order valence-electron chi connectivity index (χ0n) is 8.94. The van der Waals surface area contributed by atoms with Crippen molar-refractivity contribution >= 4 is 17.5 Å². The lowest BCUT2D eigenvalue weighted by Gasteiger charge is -2.21. The summed E-state index contributed by atoms with van der Waals surface area (Å²) in [7, 11) is 0. The van der Waals surface area contributed by atoms with Crippen molar-refractivity contribution in [3.63, 3.8) is 0 Å². The molecule has 15 heavy (non-hydrogen) atoms. The molecular formula is C10H16ClN3O. The summed E-state index contributed by atoms with van der Waals surface area (Å²) in [6.07, 6.45) is 3.78. The Kier molecular flexibility index (Phi) is 4.78. The molecule has 1 aromatic rings. The third kappa shape index (κ3) is 4.01. The predicted octanol–water partition coefficient (Wildman–Crippen LogP) is 1.95. The molecule has 0 bridgehead atoms. The van der Waals surface area contributed by atoms with Gasteiger partial charge in [0.15, 0.2) is 0 Å². The first kappa shape index (κ1) is 12.2. The SMILES string of the molecule is CC(C)C(CCO)Nc1ncc(Cl)cn1. The Balaban J connectivity index is 2.61. The molecule has 0 amide bonds. The number of rotatable bonds is 5. The van der Waals surface area contributed by atoms with Crippen LogP contribution < -0.4 is 5.32 Å². The fourth-order valence-corrected chi connectivity index (χ4v) is 1.36. The molecule has 0 aliphatic carbocycles. The number of halogens is 1. The van der Waals surface area contributed by atoms with Gasteiger partial charge in [-0.2, -0.15) is 0 Å². The lowest BCUT2D eigenvalue weighted by molar-refractivity contribution is 0.267. The van der Waals surface area contributed by atoms with Crippen LogP contribution >= 0.6 is 11.6 Å². The van der Waals surface area contributed by atoms with Gasteiger partial charge in [-0.05, 0) is 12.3 Å². The van der Waals surface area contributed by atoms with Crippen molar-refractivity contribution in [1.82, 2.24) is 9.97 Å². The van der Waals surface area contributed by atoms with Crippen molar-refractivity contribution in [2.24, 2.45) is 5.92 Å². The zero-order chi connectivity index (χ0) is 11.3. The molecule has 0 spiro atoms. The first-order valence-corrected chi connectivity index (χ1v) is 5.36. The van der Waals surface area contributed by atoms with Crippen LogP contribution in [0.4, 0.5) is 5.95 Å². The van der Waals surface area contributed by atoms with E-state index >= 15 is 0 Å². The van der Waals surface area contributed by atoms with Gasteiger partial charge in [0.2, 0.25) is 5.95 Å². The van der Waals surface area contributed by atoms with Crippen LogP contribution in [0, 0.1) is 5.92 Å². The average molecular weight is 230 g/mol. The summed E-state index contributed by atoms with van der Waals surface area (Å²) in [5.41, 5.74) is 0. The van der Waals surface area contributed by atoms with Crippen molar-refractivity contribution in [3.05, 3.63) is 17.4 Å². The van der Waals surface area contributed by atoms with Gasteiger partial charge >= 0.3 is 0 Å². The normalized spacial score (nSPS) is 12.9. The van der Waals surface area contributed by atoms with Crippen molar-refractivity contribution in [2.75, 3.05) is 11.9 Å². The van der Waals surface area contributed by atoms with Crippen LogP contribution in [0.25, 0.3) is 0 Å². The second-order valence-corrected chi connectivity index (χ2v) is 4.17. The molecule has 1 rings (SSSR count). The van der Waals surface area contributed by atoms with Crippen LogP contribution in [0.1, 0.15) is 20.3 Å². The van der Waals surface area contributed by atoms with Crippen molar-refractivity contribution in [1.29, 1.82) is 0 Å². The molecule has 0 saturated heterocycles. The monoisotopic (exact) mass is 229 g/mol. The molecular weight excluding hydrogens is 214 g/mol. The Morgan fingerprint density at radius 2 is 2.00 bits per heavy atom. The Morgan fingerprint density at radius 1 is 1.40 bits per heavy atom. The molecule has 0 aromatic carbocycles. The zero-order valence-corrected chi connectivity index (χ0v) is 9.70. The largest absolute Gasteiger partial charge is 0.396 e. The van der Waals surface area contributed by atoms with Gasteiger partial charge in [-0.15, -0.1) is 0 Å². The minimum Gasteiger partial charge on any atom is -0.396 e. The first-order chi connectivity index (χ1) is 7.13. The minimum absolute atomic E-state index is 0.156.